The molecular formula is C17H21NO4. The van der Waals surface area contributed by atoms with Gasteiger partial charge in [-0.25, -0.2) is 4.98 Å². The first-order chi connectivity index (χ1) is 10.5. The Morgan fingerprint density at radius 1 is 1.32 bits per heavy atom. The van der Waals surface area contributed by atoms with Crippen molar-refractivity contribution < 1.29 is 19.1 Å². The minimum atomic E-state index is -0.779. The lowest BCUT2D eigenvalue weighted by Gasteiger charge is -2.08. The van der Waals surface area contributed by atoms with Crippen molar-refractivity contribution in [3.8, 4) is 5.75 Å². The molecule has 1 aromatic heterocycles. The van der Waals surface area contributed by atoms with Gasteiger partial charge in [0.25, 0.3) is 0 Å². The zero-order valence-electron chi connectivity index (χ0n) is 13.1. The topological polar surface area (TPSA) is 72.6 Å². The molecule has 118 valence electrons. The van der Waals surface area contributed by atoms with E-state index in [-0.39, 0.29) is 5.92 Å². The second kappa shape index (κ2) is 7.11. The fourth-order valence-electron chi connectivity index (χ4n) is 2.23. The van der Waals surface area contributed by atoms with Crippen LogP contribution in [0.5, 0.6) is 5.75 Å². The van der Waals surface area contributed by atoms with Gasteiger partial charge in [-0.3, -0.25) is 4.79 Å². The van der Waals surface area contributed by atoms with E-state index in [1.165, 1.54) is 0 Å². The molecular weight excluding hydrogens is 282 g/mol. The van der Waals surface area contributed by atoms with E-state index >= 15 is 0 Å². The van der Waals surface area contributed by atoms with Crippen LogP contribution in [0.4, 0.5) is 0 Å². The fourth-order valence-corrected chi connectivity index (χ4v) is 2.23. The molecule has 1 heterocycles. The zero-order chi connectivity index (χ0) is 16.1. The van der Waals surface area contributed by atoms with Crippen LogP contribution in [0.25, 0.3) is 0 Å². The van der Waals surface area contributed by atoms with Gasteiger partial charge in [0.2, 0.25) is 0 Å². The largest absolute Gasteiger partial charge is 0.493 e. The number of hydrogen-bond acceptors (Lipinski definition) is 4. The first kappa shape index (κ1) is 16.1. The summed E-state index contributed by atoms with van der Waals surface area (Å²) >= 11 is 0. The smallest absolute Gasteiger partial charge is 0.306 e. The van der Waals surface area contributed by atoms with Crippen LogP contribution in [-0.2, 0) is 17.6 Å². The Bertz CT molecular complexity index is 631. The molecule has 1 atom stereocenters. The number of oxazole rings is 1. The molecule has 2 aromatic rings. The number of aromatic nitrogens is 1. The van der Waals surface area contributed by atoms with Gasteiger partial charge in [0, 0.05) is 13.3 Å². The van der Waals surface area contributed by atoms with Gasteiger partial charge in [-0.05, 0) is 31.0 Å². The Labute approximate surface area is 129 Å². The van der Waals surface area contributed by atoms with E-state index in [0.29, 0.717) is 25.3 Å². The van der Waals surface area contributed by atoms with Crippen molar-refractivity contribution in [1.82, 2.24) is 4.98 Å². The van der Waals surface area contributed by atoms with E-state index in [1.807, 2.05) is 38.1 Å². The lowest BCUT2D eigenvalue weighted by Crippen LogP contribution is -2.12. The number of rotatable bonds is 7. The summed E-state index contributed by atoms with van der Waals surface area (Å²) in [6.45, 7) is 5.95. The summed E-state index contributed by atoms with van der Waals surface area (Å²) < 4.78 is 11.1. The highest BCUT2D eigenvalue weighted by Gasteiger charge is 2.11. The summed E-state index contributed by atoms with van der Waals surface area (Å²) in [6, 6.07) is 7.54. The van der Waals surface area contributed by atoms with E-state index < -0.39 is 5.97 Å². The molecule has 1 unspecified atom stereocenters. The maximum Gasteiger partial charge on any atom is 0.306 e. The number of hydrogen-bond donors (Lipinski definition) is 1. The Balaban J connectivity index is 1.84. The predicted molar refractivity (Wildman–Crippen MR) is 82.1 cm³/mol. The average molecular weight is 303 g/mol. The van der Waals surface area contributed by atoms with E-state index in [0.717, 1.165) is 22.8 Å². The predicted octanol–water partition coefficient (Wildman–Crippen LogP) is 3.18. The molecule has 0 spiro atoms. The molecule has 0 aliphatic carbocycles. The van der Waals surface area contributed by atoms with Gasteiger partial charge in [0.05, 0.1) is 18.2 Å². The van der Waals surface area contributed by atoms with Crippen molar-refractivity contribution in [2.24, 2.45) is 5.92 Å². The van der Waals surface area contributed by atoms with Crippen LogP contribution in [0, 0.1) is 19.8 Å². The lowest BCUT2D eigenvalue weighted by molar-refractivity contribution is -0.141. The Morgan fingerprint density at radius 2 is 2.00 bits per heavy atom. The molecule has 0 bridgehead atoms. The molecule has 0 saturated heterocycles. The minimum absolute atomic E-state index is 0.384. The second-order valence-electron chi connectivity index (χ2n) is 5.42. The molecule has 2 rings (SSSR count). The van der Waals surface area contributed by atoms with Gasteiger partial charge in [-0.1, -0.05) is 19.1 Å². The summed E-state index contributed by atoms with van der Waals surface area (Å²) in [4.78, 5) is 15.1. The van der Waals surface area contributed by atoms with Gasteiger partial charge < -0.3 is 14.3 Å². The van der Waals surface area contributed by atoms with Gasteiger partial charge in [-0.2, -0.15) is 0 Å². The molecule has 5 nitrogen and oxygen atoms in total. The SMILES string of the molecule is Cc1nc(CCOc2ccc(CC(C)C(=O)O)cc2)c(C)o1. The van der Waals surface area contributed by atoms with Crippen molar-refractivity contribution in [2.75, 3.05) is 6.61 Å². The Kier molecular flexibility index (Phi) is 5.20. The maximum atomic E-state index is 10.8. The molecule has 0 aliphatic rings. The number of carboxylic acid groups (broad SMARTS) is 1. The monoisotopic (exact) mass is 303 g/mol. The molecule has 0 saturated carbocycles. The third-order valence-corrected chi connectivity index (χ3v) is 3.49. The molecule has 0 radical (unpaired) electrons. The van der Waals surface area contributed by atoms with Gasteiger partial charge in [0.1, 0.15) is 11.5 Å². The van der Waals surface area contributed by atoms with Crippen molar-refractivity contribution in [3.63, 3.8) is 0 Å². The third kappa shape index (κ3) is 4.35. The van der Waals surface area contributed by atoms with Crippen LogP contribution < -0.4 is 4.74 Å². The molecule has 0 amide bonds. The van der Waals surface area contributed by atoms with Crippen molar-refractivity contribution >= 4 is 5.97 Å². The highest BCUT2D eigenvalue weighted by atomic mass is 16.5. The number of benzene rings is 1. The molecule has 22 heavy (non-hydrogen) atoms. The van der Waals surface area contributed by atoms with Crippen LogP contribution in [0.1, 0.15) is 29.8 Å². The summed E-state index contributed by atoms with van der Waals surface area (Å²) in [5, 5.41) is 8.91. The molecule has 5 heteroatoms. The first-order valence-electron chi connectivity index (χ1n) is 7.33. The molecule has 1 aromatic carbocycles. The van der Waals surface area contributed by atoms with E-state index in [4.69, 9.17) is 14.3 Å². The standard InChI is InChI=1S/C17H21NO4/c1-11(17(19)20)10-14-4-6-15(7-5-14)21-9-8-16-12(2)22-13(3)18-16/h4-7,11H,8-10H2,1-3H3,(H,19,20). The highest BCUT2D eigenvalue weighted by molar-refractivity contribution is 5.69. The summed E-state index contributed by atoms with van der Waals surface area (Å²) in [5.41, 5.74) is 1.91. The van der Waals surface area contributed by atoms with Gasteiger partial charge in [-0.15, -0.1) is 0 Å². The zero-order valence-corrected chi connectivity index (χ0v) is 13.1. The van der Waals surface area contributed by atoms with E-state index in [1.54, 1.807) is 6.92 Å². The quantitative estimate of drug-likeness (QED) is 0.850. The normalized spacial score (nSPS) is 12.1. The van der Waals surface area contributed by atoms with E-state index in [9.17, 15) is 4.79 Å². The minimum Gasteiger partial charge on any atom is -0.493 e. The van der Waals surface area contributed by atoms with Crippen LogP contribution >= 0.6 is 0 Å². The number of aliphatic carboxylic acids is 1. The Hall–Kier alpha value is -2.30. The van der Waals surface area contributed by atoms with Crippen LogP contribution in [0.15, 0.2) is 28.7 Å². The lowest BCUT2D eigenvalue weighted by atomic mass is 10.0. The number of carboxylic acids is 1. The molecule has 1 N–H and O–H groups in total. The summed E-state index contributed by atoms with van der Waals surface area (Å²) in [5.74, 6) is 1.11. The Morgan fingerprint density at radius 3 is 2.55 bits per heavy atom. The maximum absolute atomic E-state index is 10.8. The van der Waals surface area contributed by atoms with Crippen molar-refractivity contribution in [2.45, 2.75) is 33.6 Å². The molecule has 0 aliphatic heterocycles. The van der Waals surface area contributed by atoms with Gasteiger partial charge >= 0.3 is 5.97 Å². The summed E-state index contributed by atoms with van der Waals surface area (Å²) in [6.07, 6.45) is 1.22. The second-order valence-corrected chi connectivity index (χ2v) is 5.42. The van der Waals surface area contributed by atoms with Crippen LogP contribution in [0.2, 0.25) is 0 Å². The number of aryl methyl sites for hydroxylation is 2. The third-order valence-electron chi connectivity index (χ3n) is 3.49. The van der Waals surface area contributed by atoms with Crippen molar-refractivity contribution in [1.29, 1.82) is 0 Å². The average Bonchev–Trinajstić information content (AvgIpc) is 2.79. The number of ether oxygens (including phenoxy) is 1. The first-order valence-corrected chi connectivity index (χ1v) is 7.33. The van der Waals surface area contributed by atoms with E-state index in [2.05, 4.69) is 4.98 Å². The fraction of sp³-hybridized carbons (Fsp3) is 0.412. The van der Waals surface area contributed by atoms with Crippen molar-refractivity contribution in [3.05, 3.63) is 47.2 Å². The van der Waals surface area contributed by atoms with Crippen LogP contribution in [-0.4, -0.2) is 22.7 Å². The molecule has 0 fully saturated rings. The summed E-state index contributed by atoms with van der Waals surface area (Å²) in [7, 11) is 0. The number of nitrogens with zero attached hydrogens (tertiary/aromatic N) is 1. The highest BCUT2D eigenvalue weighted by Crippen LogP contribution is 2.16. The number of carbonyl (C=O) groups is 1. The van der Waals surface area contributed by atoms with Gasteiger partial charge in [0.15, 0.2) is 5.89 Å². The van der Waals surface area contributed by atoms with Crippen LogP contribution in [0.3, 0.4) is 0 Å².